The van der Waals surface area contributed by atoms with E-state index in [1.807, 2.05) is 0 Å². The van der Waals surface area contributed by atoms with Gasteiger partial charge in [-0.1, -0.05) is 27.7 Å². The molecule has 0 spiro atoms. The lowest BCUT2D eigenvalue weighted by Crippen LogP contribution is -2.07. The molecule has 0 saturated heterocycles. The lowest BCUT2D eigenvalue weighted by molar-refractivity contribution is 0.101. The fraction of sp³-hybridized carbons (Fsp3) is 0.833. The van der Waals surface area contributed by atoms with Crippen molar-refractivity contribution in [1.29, 1.82) is 0 Å². The smallest absolute Gasteiger partial charge is 0.118 e. The molecule has 0 heterocycles. The summed E-state index contributed by atoms with van der Waals surface area (Å²) >= 11 is 0. The quantitative estimate of drug-likeness (QED) is 0.554. The van der Waals surface area contributed by atoms with Gasteiger partial charge < -0.3 is 9.47 Å². The van der Waals surface area contributed by atoms with E-state index in [0.29, 0.717) is 12.2 Å². The van der Waals surface area contributed by atoms with Crippen LogP contribution >= 0.6 is 0 Å². The van der Waals surface area contributed by atoms with Crippen LogP contribution in [0.25, 0.3) is 0 Å². The first-order valence-electron chi connectivity index (χ1n) is 5.74. The molecule has 0 aromatic rings. The van der Waals surface area contributed by atoms with Crippen LogP contribution in [0.15, 0.2) is 12.5 Å². The Morgan fingerprint density at radius 2 is 1.00 bits per heavy atom. The van der Waals surface area contributed by atoms with Crippen LogP contribution in [0.3, 0.4) is 0 Å². The van der Waals surface area contributed by atoms with Gasteiger partial charge in [-0.05, 0) is 25.7 Å². The molecular weight excluding hydrogens is 176 g/mol. The topological polar surface area (TPSA) is 18.5 Å². The summed E-state index contributed by atoms with van der Waals surface area (Å²) in [6, 6.07) is 0. The summed E-state index contributed by atoms with van der Waals surface area (Å²) in [6.07, 6.45) is 8.20. The molecule has 0 aromatic carbocycles. The third-order valence-corrected chi connectivity index (χ3v) is 2.42. The second kappa shape index (κ2) is 8.92. The molecule has 0 radical (unpaired) electrons. The van der Waals surface area contributed by atoms with E-state index < -0.39 is 0 Å². The van der Waals surface area contributed by atoms with Crippen molar-refractivity contribution in [3.63, 3.8) is 0 Å². The molecule has 0 N–H and O–H groups in total. The minimum absolute atomic E-state index is 0.330. The van der Waals surface area contributed by atoms with Crippen LogP contribution in [-0.2, 0) is 9.47 Å². The Bertz CT molecular complexity index is 119. The largest absolute Gasteiger partial charge is 0.495 e. The predicted octanol–water partition coefficient (Wildman–Crippen LogP) is 3.87. The molecule has 0 fully saturated rings. The van der Waals surface area contributed by atoms with E-state index in [4.69, 9.17) is 9.47 Å². The second-order valence-electron chi connectivity index (χ2n) is 3.42. The van der Waals surface area contributed by atoms with E-state index >= 15 is 0 Å². The van der Waals surface area contributed by atoms with Crippen molar-refractivity contribution < 1.29 is 9.47 Å². The van der Waals surface area contributed by atoms with E-state index in [1.165, 1.54) is 0 Å². The summed E-state index contributed by atoms with van der Waals surface area (Å²) in [5.41, 5.74) is 0. The van der Waals surface area contributed by atoms with Crippen LogP contribution in [0.4, 0.5) is 0 Å². The van der Waals surface area contributed by atoms with Gasteiger partial charge in [0, 0.05) is 0 Å². The molecule has 0 aliphatic heterocycles. The number of rotatable bonds is 8. The van der Waals surface area contributed by atoms with Gasteiger partial charge in [0.15, 0.2) is 0 Å². The Labute approximate surface area is 88.3 Å². The molecule has 0 aromatic heterocycles. The maximum absolute atomic E-state index is 5.47. The van der Waals surface area contributed by atoms with Crippen molar-refractivity contribution in [2.75, 3.05) is 0 Å². The predicted molar refractivity (Wildman–Crippen MR) is 60.1 cm³/mol. The summed E-state index contributed by atoms with van der Waals surface area (Å²) in [6.45, 7) is 8.51. The number of hydrogen-bond donors (Lipinski definition) is 0. The van der Waals surface area contributed by atoms with Gasteiger partial charge in [0.2, 0.25) is 0 Å². The van der Waals surface area contributed by atoms with Crippen LogP contribution < -0.4 is 0 Å². The molecule has 0 aliphatic rings. The average Bonchev–Trinajstić information content (AvgIpc) is 2.24. The molecule has 0 atom stereocenters. The SMILES string of the molecule is CCC(CC)O/C=C\OC(CC)CC. The highest BCUT2D eigenvalue weighted by Crippen LogP contribution is 2.05. The monoisotopic (exact) mass is 200 g/mol. The van der Waals surface area contributed by atoms with Crippen molar-refractivity contribution in [3.05, 3.63) is 12.5 Å². The van der Waals surface area contributed by atoms with Gasteiger partial charge in [0.05, 0.1) is 12.2 Å². The summed E-state index contributed by atoms with van der Waals surface area (Å²) in [5, 5.41) is 0. The molecule has 0 saturated carbocycles. The van der Waals surface area contributed by atoms with Gasteiger partial charge in [-0.25, -0.2) is 0 Å². The first-order valence-corrected chi connectivity index (χ1v) is 5.74. The summed E-state index contributed by atoms with van der Waals surface area (Å²) in [5.74, 6) is 0. The molecule has 0 rings (SSSR count). The molecule has 2 nitrogen and oxygen atoms in total. The zero-order chi connectivity index (χ0) is 10.8. The zero-order valence-electron chi connectivity index (χ0n) is 9.95. The summed E-state index contributed by atoms with van der Waals surface area (Å²) in [4.78, 5) is 0. The van der Waals surface area contributed by atoms with Gasteiger partial charge in [0.25, 0.3) is 0 Å². The molecule has 14 heavy (non-hydrogen) atoms. The van der Waals surface area contributed by atoms with Gasteiger partial charge in [-0.2, -0.15) is 0 Å². The first-order chi connectivity index (χ1) is 6.78. The Balaban J connectivity index is 3.61. The molecule has 0 unspecified atom stereocenters. The van der Waals surface area contributed by atoms with E-state index in [9.17, 15) is 0 Å². The molecule has 0 amide bonds. The summed E-state index contributed by atoms with van der Waals surface area (Å²) in [7, 11) is 0. The minimum atomic E-state index is 0.330. The van der Waals surface area contributed by atoms with Crippen molar-refractivity contribution in [1.82, 2.24) is 0 Å². The van der Waals surface area contributed by atoms with Crippen LogP contribution in [0.5, 0.6) is 0 Å². The van der Waals surface area contributed by atoms with Crippen molar-refractivity contribution in [2.24, 2.45) is 0 Å². The standard InChI is InChI=1S/C12H24O2/c1-5-11(6-2)13-9-10-14-12(7-3)8-4/h9-12H,5-8H2,1-4H3/b10-9-. The maximum Gasteiger partial charge on any atom is 0.118 e. The highest BCUT2D eigenvalue weighted by atomic mass is 16.5. The Hall–Kier alpha value is -0.660. The fourth-order valence-electron chi connectivity index (χ4n) is 1.25. The zero-order valence-corrected chi connectivity index (χ0v) is 9.95. The lowest BCUT2D eigenvalue weighted by atomic mass is 10.2. The molecule has 0 bridgehead atoms. The Morgan fingerprint density at radius 1 is 0.714 bits per heavy atom. The minimum Gasteiger partial charge on any atom is -0.495 e. The van der Waals surface area contributed by atoms with Crippen LogP contribution in [0.2, 0.25) is 0 Å². The van der Waals surface area contributed by atoms with Crippen molar-refractivity contribution in [2.45, 2.75) is 65.6 Å². The average molecular weight is 200 g/mol. The second-order valence-corrected chi connectivity index (χ2v) is 3.42. The Kier molecular flexibility index (Phi) is 8.50. The van der Waals surface area contributed by atoms with E-state index in [0.717, 1.165) is 25.7 Å². The normalized spacial score (nSPS) is 11.6. The number of hydrogen-bond acceptors (Lipinski definition) is 2. The van der Waals surface area contributed by atoms with Crippen molar-refractivity contribution >= 4 is 0 Å². The third-order valence-electron chi connectivity index (χ3n) is 2.42. The van der Waals surface area contributed by atoms with Gasteiger partial charge in [-0.3, -0.25) is 0 Å². The number of ether oxygens (including phenoxy) is 2. The fourth-order valence-corrected chi connectivity index (χ4v) is 1.25. The van der Waals surface area contributed by atoms with Crippen molar-refractivity contribution in [3.8, 4) is 0 Å². The van der Waals surface area contributed by atoms with Gasteiger partial charge in [-0.15, -0.1) is 0 Å². The first kappa shape index (κ1) is 13.3. The van der Waals surface area contributed by atoms with Gasteiger partial charge in [0.1, 0.15) is 12.5 Å². The molecule has 84 valence electrons. The molecular formula is C12H24O2. The summed E-state index contributed by atoms with van der Waals surface area (Å²) < 4.78 is 10.9. The van der Waals surface area contributed by atoms with Crippen LogP contribution in [0.1, 0.15) is 53.4 Å². The van der Waals surface area contributed by atoms with E-state index in [1.54, 1.807) is 12.5 Å². The molecule has 2 heteroatoms. The Morgan fingerprint density at radius 3 is 1.21 bits per heavy atom. The third kappa shape index (κ3) is 5.90. The van der Waals surface area contributed by atoms with Gasteiger partial charge >= 0.3 is 0 Å². The maximum atomic E-state index is 5.47. The highest BCUT2D eigenvalue weighted by molar-refractivity contribution is 4.67. The van der Waals surface area contributed by atoms with Crippen LogP contribution in [-0.4, -0.2) is 12.2 Å². The lowest BCUT2D eigenvalue weighted by Gasteiger charge is -2.13. The van der Waals surface area contributed by atoms with E-state index in [-0.39, 0.29) is 0 Å². The molecule has 0 aliphatic carbocycles. The van der Waals surface area contributed by atoms with E-state index in [2.05, 4.69) is 27.7 Å². The highest BCUT2D eigenvalue weighted by Gasteiger charge is 2.01. The van der Waals surface area contributed by atoms with Crippen LogP contribution in [0, 0.1) is 0 Å².